The molecule has 0 fully saturated rings. The number of hydrogen-bond acceptors (Lipinski definition) is 1. The Morgan fingerprint density at radius 2 is 1.35 bits per heavy atom. The second-order valence-corrected chi connectivity index (χ2v) is 6.31. The van der Waals surface area contributed by atoms with Gasteiger partial charge in [0.15, 0.2) is 0 Å². The van der Waals surface area contributed by atoms with Gasteiger partial charge in [0.1, 0.15) is 5.60 Å². The van der Waals surface area contributed by atoms with E-state index in [1.165, 1.54) is 4.90 Å². The molecule has 0 aromatic heterocycles. The van der Waals surface area contributed by atoms with Crippen molar-refractivity contribution in [1.29, 1.82) is 0 Å². The van der Waals surface area contributed by atoms with Gasteiger partial charge in [-0.1, -0.05) is 67.6 Å². The maximum Gasteiger partial charge on any atom is 0.115 e. The number of halogens is 1. The summed E-state index contributed by atoms with van der Waals surface area (Å²) >= 11 is 0. The van der Waals surface area contributed by atoms with Gasteiger partial charge in [-0.25, -0.2) is 0 Å². The Morgan fingerprint density at radius 3 is 1.70 bits per heavy atom. The molecular weight excluding hydrogens is 350 g/mol. The van der Waals surface area contributed by atoms with Crippen molar-refractivity contribution >= 4 is 0 Å². The highest BCUT2D eigenvalue weighted by Crippen LogP contribution is 2.34. The minimum atomic E-state index is -0.911. The van der Waals surface area contributed by atoms with Crippen LogP contribution in [0.15, 0.2) is 60.7 Å². The summed E-state index contributed by atoms with van der Waals surface area (Å²) in [6, 6.07) is 20.6. The summed E-state index contributed by atoms with van der Waals surface area (Å²) in [7, 11) is 4.39. The molecule has 23 heavy (non-hydrogen) atoms. The minimum Gasteiger partial charge on any atom is -1.00 e. The number of hydrogen-bond donors (Lipinski definition) is 2. The van der Waals surface area contributed by atoms with Crippen LogP contribution in [0.5, 0.6) is 0 Å². The largest absolute Gasteiger partial charge is 1.00 e. The molecule has 0 radical (unpaired) electrons. The molecule has 126 valence electrons. The van der Waals surface area contributed by atoms with Gasteiger partial charge in [0.25, 0.3) is 0 Å². The van der Waals surface area contributed by atoms with Crippen LogP contribution in [0.1, 0.15) is 37.3 Å². The SMILES string of the molecule is CCC(CCC(O)(c1ccccc1)c1ccccc1)[NH+](C)C.[Br-]. The van der Waals surface area contributed by atoms with Gasteiger partial charge in [-0.05, 0) is 24.0 Å². The van der Waals surface area contributed by atoms with E-state index in [-0.39, 0.29) is 17.0 Å². The quantitative estimate of drug-likeness (QED) is 0.675. The average molecular weight is 378 g/mol. The van der Waals surface area contributed by atoms with E-state index in [9.17, 15) is 5.11 Å². The van der Waals surface area contributed by atoms with Crippen LogP contribution in [0, 0.1) is 0 Å². The van der Waals surface area contributed by atoms with Crippen LogP contribution in [0.4, 0.5) is 0 Å². The topological polar surface area (TPSA) is 24.7 Å². The summed E-state index contributed by atoms with van der Waals surface area (Å²) in [5.41, 5.74) is 1.04. The lowest BCUT2D eigenvalue weighted by Gasteiger charge is -2.31. The first-order valence-electron chi connectivity index (χ1n) is 8.21. The number of rotatable bonds is 7. The van der Waals surface area contributed by atoms with Crippen molar-refractivity contribution < 1.29 is 27.0 Å². The zero-order valence-electron chi connectivity index (χ0n) is 14.3. The maximum absolute atomic E-state index is 11.5. The minimum absolute atomic E-state index is 0. The lowest BCUT2D eigenvalue weighted by Crippen LogP contribution is -3.10. The molecule has 2 aromatic rings. The monoisotopic (exact) mass is 377 g/mol. The van der Waals surface area contributed by atoms with Gasteiger partial charge >= 0.3 is 0 Å². The summed E-state index contributed by atoms with van der Waals surface area (Å²) in [4.78, 5) is 1.45. The van der Waals surface area contributed by atoms with Crippen LogP contribution in [0.25, 0.3) is 0 Å². The van der Waals surface area contributed by atoms with E-state index in [0.717, 1.165) is 30.4 Å². The van der Waals surface area contributed by atoms with Gasteiger partial charge in [0, 0.05) is 6.42 Å². The molecule has 0 amide bonds. The van der Waals surface area contributed by atoms with Crippen molar-refractivity contribution in [3.63, 3.8) is 0 Å². The summed E-state index contributed by atoms with van der Waals surface area (Å²) < 4.78 is 0. The van der Waals surface area contributed by atoms with Crippen molar-refractivity contribution in [2.24, 2.45) is 0 Å². The Balaban J connectivity index is 0.00000264. The summed E-state index contributed by atoms with van der Waals surface area (Å²) in [6.45, 7) is 2.22. The fourth-order valence-electron chi connectivity index (χ4n) is 3.17. The van der Waals surface area contributed by atoms with Gasteiger partial charge < -0.3 is 27.0 Å². The van der Waals surface area contributed by atoms with Crippen LogP contribution in [0.3, 0.4) is 0 Å². The second kappa shape index (κ2) is 9.21. The number of benzene rings is 2. The fraction of sp³-hybridized carbons (Fsp3) is 0.400. The van der Waals surface area contributed by atoms with E-state index in [0.29, 0.717) is 6.04 Å². The average Bonchev–Trinajstić information content (AvgIpc) is 2.56. The maximum atomic E-state index is 11.5. The Labute approximate surface area is 150 Å². The highest BCUT2D eigenvalue weighted by atomic mass is 79.9. The normalized spacial score (nSPS) is 12.7. The zero-order valence-corrected chi connectivity index (χ0v) is 15.9. The first kappa shape index (κ1) is 19.9. The van der Waals surface area contributed by atoms with Crippen LogP contribution >= 0.6 is 0 Å². The van der Waals surface area contributed by atoms with E-state index in [4.69, 9.17) is 0 Å². The van der Waals surface area contributed by atoms with Crippen molar-refractivity contribution in [2.45, 2.75) is 37.8 Å². The molecule has 1 atom stereocenters. The molecule has 2 rings (SSSR count). The van der Waals surface area contributed by atoms with E-state index < -0.39 is 5.60 Å². The van der Waals surface area contributed by atoms with Gasteiger partial charge in [-0.15, -0.1) is 0 Å². The molecule has 0 aliphatic carbocycles. The zero-order chi connectivity index (χ0) is 16.0. The van der Waals surface area contributed by atoms with Crippen molar-refractivity contribution in [1.82, 2.24) is 0 Å². The number of quaternary nitrogens is 1. The molecule has 0 aliphatic rings. The molecule has 0 spiro atoms. The summed E-state index contributed by atoms with van der Waals surface area (Å²) in [5.74, 6) is 0. The fourth-order valence-corrected chi connectivity index (χ4v) is 3.17. The van der Waals surface area contributed by atoms with Gasteiger partial charge in [0.05, 0.1) is 20.1 Å². The molecule has 3 heteroatoms. The Morgan fingerprint density at radius 1 is 0.913 bits per heavy atom. The number of aliphatic hydroxyl groups is 1. The first-order valence-corrected chi connectivity index (χ1v) is 8.21. The van der Waals surface area contributed by atoms with E-state index in [2.05, 4.69) is 21.0 Å². The molecule has 0 saturated carbocycles. The van der Waals surface area contributed by atoms with E-state index in [1.54, 1.807) is 0 Å². The smallest absolute Gasteiger partial charge is 0.115 e. The van der Waals surface area contributed by atoms with Crippen LogP contribution in [-0.2, 0) is 5.60 Å². The molecular formula is C20H28BrNO. The van der Waals surface area contributed by atoms with Crippen LogP contribution < -0.4 is 21.9 Å². The van der Waals surface area contributed by atoms with E-state index >= 15 is 0 Å². The highest BCUT2D eigenvalue weighted by molar-refractivity contribution is 5.35. The predicted molar refractivity (Wildman–Crippen MR) is 92.0 cm³/mol. The Kier molecular flexibility index (Phi) is 7.97. The lowest BCUT2D eigenvalue weighted by molar-refractivity contribution is -0.886. The van der Waals surface area contributed by atoms with Gasteiger partial charge in [-0.3, -0.25) is 0 Å². The molecule has 2 aromatic carbocycles. The third-order valence-corrected chi connectivity index (χ3v) is 4.67. The first-order chi connectivity index (χ1) is 10.6. The van der Waals surface area contributed by atoms with Gasteiger partial charge in [0.2, 0.25) is 0 Å². The van der Waals surface area contributed by atoms with Crippen LogP contribution in [0.2, 0.25) is 0 Å². The molecule has 2 N–H and O–H groups in total. The number of nitrogens with one attached hydrogen (secondary N) is 1. The third-order valence-electron chi connectivity index (χ3n) is 4.67. The molecule has 0 aliphatic heterocycles. The van der Waals surface area contributed by atoms with Crippen molar-refractivity contribution in [2.75, 3.05) is 14.1 Å². The lowest BCUT2D eigenvalue weighted by atomic mass is 9.81. The molecule has 0 heterocycles. The van der Waals surface area contributed by atoms with Crippen molar-refractivity contribution in [3.05, 3.63) is 71.8 Å². The summed E-state index contributed by atoms with van der Waals surface area (Å²) in [6.07, 6.45) is 2.87. The predicted octanol–water partition coefficient (Wildman–Crippen LogP) is -0.370. The van der Waals surface area contributed by atoms with E-state index in [1.807, 2.05) is 60.7 Å². The van der Waals surface area contributed by atoms with Crippen molar-refractivity contribution in [3.8, 4) is 0 Å². The summed E-state index contributed by atoms with van der Waals surface area (Å²) in [5, 5.41) is 11.5. The van der Waals surface area contributed by atoms with Gasteiger partial charge in [-0.2, -0.15) is 0 Å². The Hall–Kier alpha value is -1.16. The van der Waals surface area contributed by atoms with Crippen LogP contribution in [-0.4, -0.2) is 25.2 Å². The molecule has 0 bridgehead atoms. The Bertz CT molecular complexity index is 517. The standard InChI is InChI=1S/C20H27NO.BrH/c1-4-19(21(2)3)15-16-20(22,17-11-7-5-8-12-17)18-13-9-6-10-14-18;/h5-14,19,22H,4,15-16H2,1-3H3;1H. The molecule has 0 saturated heterocycles. The highest BCUT2D eigenvalue weighted by Gasteiger charge is 2.32. The second-order valence-electron chi connectivity index (χ2n) is 6.31. The third kappa shape index (κ3) is 4.90. The molecule has 2 nitrogen and oxygen atoms in total. The molecule has 1 unspecified atom stereocenters.